The summed E-state index contributed by atoms with van der Waals surface area (Å²) in [6.45, 7) is 0. The van der Waals surface area contributed by atoms with E-state index in [-0.39, 0.29) is 10.9 Å². The molecule has 0 heterocycles. The molecule has 0 aliphatic carbocycles. The van der Waals surface area contributed by atoms with Crippen LogP contribution in [0.25, 0.3) is 0 Å². The summed E-state index contributed by atoms with van der Waals surface area (Å²) < 4.78 is 11.2. The molecule has 0 fully saturated rings. The maximum atomic E-state index is 5.26. The zero-order valence-corrected chi connectivity index (χ0v) is 29.3. The fourth-order valence-electron chi connectivity index (χ4n) is 6.35. The number of benzene rings is 7. The van der Waals surface area contributed by atoms with Gasteiger partial charge in [0.25, 0.3) is 0 Å². The van der Waals surface area contributed by atoms with Crippen LogP contribution in [0.4, 0.5) is 0 Å². The molecular weight excluding hydrogens is 634 g/mol. The van der Waals surface area contributed by atoms with E-state index in [1.54, 1.807) is 7.11 Å². The summed E-state index contributed by atoms with van der Waals surface area (Å²) in [5.41, 5.74) is 0. The van der Waals surface area contributed by atoms with Crippen LogP contribution >= 0.6 is 0 Å². The molecular formula is C43H37GaOS. The Labute approximate surface area is 279 Å². The molecule has 7 rings (SSSR count). The minimum absolute atomic E-state index is 0.0804. The molecule has 7 aromatic rings. The van der Waals surface area contributed by atoms with Crippen molar-refractivity contribution in [3.63, 3.8) is 0 Å². The first kappa shape index (κ1) is 31.3. The van der Waals surface area contributed by atoms with E-state index < -0.39 is 15.0 Å². The summed E-state index contributed by atoms with van der Waals surface area (Å²) in [7, 11) is 1.62. The van der Waals surface area contributed by atoms with Gasteiger partial charge < -0.3 is 4.74 Å². The van der Waals surface area contributed by atoms with Crippen LogP contribution in [0.5, 0.6) is 5.75 Å². The Balaban J connectivity index is 0.000000164. The van der Waals surface area contributed by atoms with Gasteiger partial charge in [-0.25, -0.2) is 0 Å². The summed E-state index contributed by atoms with van der Waals surface area (Å²) in [5, 5.41) is 0. The molecule has 0 aliphatic rings. The second-order valence-electron chi connectivity index (χ2n) is 11.1. The van der Waals surface area contributed by atoms with Gasteiger partial charge in [0.2, 0.25) is 0 Å². The standard InChI is InChI=1S/C19H17OS.4C6H5.Ga/c1-20-16-12-14-19(15-13-16)21(17-8-4-2-5-9-17)18-10-6-3-7-11-18;4*1-2-4-6-5-3-1;/h2-15H,1H3;4*1-5H;/q+1;;;;;-1. The van der Waals surface area contributed by atoms with Gasteiger partial charge in [-0.3, -0.25) is 0 Å². The summed E-state index contributed by atoms with van der Waals surface area (Å²) in [6.07, 6.45) is 0. The van der Waals surface area contributed by atoms with Crippen LogP contribution in [0.1, 0.15) is 0 Å². The molecule has 0 bridgehead atoms. The summed E-state index contributed by atoms with van der Waals surface area (Å²) >= 11 is -3.21. The predicted octanol–water partition coefficient (Wildman–Crippen LogP) is 7.85. The second-order valence-corrected chi connectivity index (χ2v) is 22.4. The molecule has 224 valence electrons. The third-order valence-corrected chi connectivity index (χ3v) is 22.3. The molecule has 0 unspecified atom stereocenters. The fraction of sp³-hybridized carbons (Fsp3) is 0.0233. The van der Waals surface area contributed by atoms with E-state index in [9.17, 15) is 0 Å². The first-order valence-electron chi connectivity index (χ1n) is 15.7. The molecule has 0 saturated heterocycles. The normalized spacial score (nSPS) is 10.9. The first-order valence-corrected chi connectivity index (χ1v) is 21.7. The van der Waals surface area contributed by atoms with Gasteiger partial charge in [0, 0.05) is 0 Å². The van der Waals surface area contributed by atoms with E-state index in [0.29, 0.717) is 0 Å². The molecule has 46 heavy (non-hydrogen) atoms. The van der Waals surface area contributed by atoms with Gasteiger partial charge in [-0.15, -0.1) is 0 Å². The van der Waals surface area contributed by atoms with Crippen molar-refractivity contribution in [3.8, 4) is 5.75 Å². The Morgan fingerprint density at radius 1 is 0.326 bits per heavy atom. The van der Waals surface area contributed by atoms with Crippen LogP contribution in [0.2, 0.25) is 0 Å². The van der Waals surface area contributed by atoms with Gasteiger partial charge in [0.15, 0.2) is 14.7 Å². The fourth-order valence-corrected chi connectivity index (χ4v) is 20.0. The number of methoxy groups -OCH3 is 1. The Kier molecular flexibility index (Phi) is 10.6. The van der Waals surface area contributed by atoms with Crippen molar-refractivity contribution in [3.05, 3.63) is 206 Å². The molecule has 3 heteroatoms. The Morgan fingerprint density at radius 2 is 0.587 bits per heavy atom. The molecule has 0 atom stereocenters. The quantitative estimate of drug-likeness (QED) is 0.118. The van der Waals surface area contributed by atoms with Crippen molar-refractivity contribution in [1.82, 2.24) is 0 Å². The van der Waals surface area contributed by atoms with Gasteiger partial charge in [-0.2, -0.15) is 0 Å². The van der Waals surface area contributed by atoms with Gasteiger partial charge in [0.1, 0.15) is 5.75 Å². The SMILES string of the molecule is COc1ccc([S+](c2ccccc2)c2ccccc2)cc1.c1cc[c]([Ga-]([c]2ccccc2)([c]2ccccc2)[c]2ccccc2)cc1. The number of hydrogen-bond acceptors (Lipinski definition) is 1. The Hall–Kier alpha value is -4.67. The third-order valence-electron chi connectivity index (χ3n) is 8.45. The van der Waals surface area contributed by atoms with E-state index >= 15 is 0 Å². The van der Waals surface area contributed by atoms with Gasteiger partial charge in [-0.05, 0) is 48.5 Å². The van der Waals surface area contributed by atoms with Crippen molar-refractivity contribution in [2.75, 3.05) is 7.11 Å². The molecule has 7 aromatic carbocycles. The second kappa shape index (κ2) is 15.6. The molecule has 0 amide bonds. The Bertz CT molecular complexity index is 1680. The van der Waals surface area contributed by atoms with E-state index in [0.717, 1.165) is 5.75 Å². The van der Waals surface area contributed by atoms with Crippen LogP contribution in [0, 0.1) is 0 Å². The zero-order chi connectivity index (χ0) is 31.4. The summed E-state index contributed by atoms with van der Waals surface area (Å²) in [6, 6.07) is 74.1. The molecule has 0 N–H and O–H groups in total. The van der Waals surface area contributed by atoms with Crippen molar-refractivity contribution in [1.29, 1.82) is 0 Å². The van der Waals surface area contributed by atoms with Crippen molar-refractivity contribution >= 4 is 42.4 Å². The number of ether oxygens (including phenoxy) is 1. The molecule has 1 nitrogen and oxygen atoms in total. The van der Waals surface area contributed by atoms with E-state index in [1.807, 2.05) is 12.1 Å². The number of rotatable bonds is 8. The summed E-state index contributed by atoms with van der Waals surface area (Å²) in [5.74, 6) is 0.892. The van der Waals surface area contributed by atoms with Crippen molar-refractivity contribution < 1.29 is 4.74 Å². The Morgan fingerprint density at radius 3 is 0.870 bits per heavy atom. The van der Waals surface area contributed by atoms with E-state index in [1.165, 1.54) is 31.2 Å². The first-order chi connectivity index (χ1) is 22.8. The predicted molar refractivity (Wildman–Crippen MR) is 198 cm³/mol. The van der Waals surface area contributed by atoms with Crippen LogP contribution in [0.15, 0.2) is 221 Å². The molecule has 0 saturated carbocycles. The van der Waals surface area contributed by atoms with Crippen LogP contribution in [-0.2, 0) is 10.9 Å². The summed E-state index contributed by atoms with van der Waals surface area (Å²) in [4.78, 5) is 3.95. The maximum absolute atomic E-state index is 5.26. The monoisotopic (exact) mass is 670 g/mol. The van der Waals surface area contributed by atoms with E-state index in [4.69, 9.17) is 4.74 Å². The molecule has 0 aromatic heterocycles. The molecule has 0 radical (unpaired) electrons. The van der Waals surface area contributed by atoms with Crippen molar-refractivity contribution in [2.24, 2.45) is 0 Å². The zero-order valence-electron chi connectivity index (χ0n) is 26.0. The molecule has 0 aliphatic heterocycles. The minimum atomic E-state index is -3.21. The van der Waals surface area contributed by atoms with Crippen LogP contribution in [0.3, 0.4) is 0 Å². The topological polar surface area (TPSA) is 9.23 Å². The molecule has 0 spiro atoms. The van der Waals surface area contributed by atoms with Gasteiger partial charge >= 0.3 is 153 Å². The van der Waals surface area contributed by atoms with Crippen molar-refractivity contribution in [2.45, 2.75) is 14.7 Å². The third kappa shape index (κ3) is 6.93. The average molecular weight is 672 g/mol. The van der Waals surface area contributed by atoms with Crippen LogP contribution in [-0.4, -0.2) is 22.1 Å². The number of hydrogen-bond donors (Lipinski definition) is 0. The van der Waals surface area contributed by atoms with E-state index in [2.05, 4.69) is 194 Å². The van der Waals surface area contributed by atoms with Crippen LogP contribution < -0.4 is 21.2 Å². The average Bonchev–Trinajstić information content (AvgIpc) is 3.15. The van der Waals surface area contributed by atoms with Gasteiger partial charge in [-0.1, -0.05) is 36.4 Å². The van der Waals surface area contributed by atoms with Gasteiger partial charge in [0.05, 0.1) is 18.0 Å².